The zero-order valence-corrected chi connectivity index (χ0v) is 27.4. The first-order valence-electron chi connectivity index (χ1n) is 16.1. The van der Waals surface area contributed by atoms with Crippen molar-refractivity contribution >= 4 is 12.1 Å². The third-order valence-electron chi connectivity index (χ3n) is 8.11. The third kappa shape index (κ3) is 10.1. The standard InChI is InChI=1S/C39H44N2O6/c1-39(2,3)47-38(44)41-23-22-40(26-33(41)24-29-14-18-34(19-15-29)45-27-31-10-6-4-7-11-31)36(37(42)43)25-30-16-20-35(21-17-30)46-28-32-12-8-5-9-13-32/h4-21,33,36H,22-28H2,1-3H3,(H,42,43)/t33-,36-/m0/s1. The van der Waals surface area contributed by atoms with Crippen LogP contribution in [0.15, 0.2) is 109 Å². The summed E-state index contributed by atoms with van der Waals surface area (Å²) in [5.41, 5.74) is 3.45. The van der Waals surface area contributed by atoms with E-state index in [1.165, 1.54) is 0 Å². The number of aliphatic carboxylic acids is 1. The predicted octanol–water partition coefficient (Wildman–Crippen LogP) is 7.00. The number of carboxylic acid groups (broad SMARTS) is 1. The molecule has 1 fully saturated rings. The van der Waals surface area contributed by atoms with Crippen molar-refractivity contribution in [2.75, 3.05) is 19.6 Å². The molecule has 47 heavy (non-hydrogen) atoms. The molecule has 8 heteroatoms. The quantitative estimate of drug-likeness (QED) is 0.179. The van der Waals surface area contributed by atoms with Crippen LogP contribution in [0, 0.1) is 0 Å². The van der Waals surface area contributed by atoms with E-state index in [-0.39, 0.29) is 12.1 Å². The van der Waals surface area contributed by atoms with Crippen LogP contribution in [0.1, 0.15) is 43.0 Å². The molecule has 5 rings (SSSR count). The zero-order chi connectivity index (χ0) is 33.2. The lowest BCUT2D eigenvalue weighted by Crippen LogP contribution is -2.60. The second-order valence-electron chi connectivity index (χ2n) is 12.9. The van der Waals surface area contributed by atoms with Crippen LogP contribution in [0.5, 0.6) is 11.5 Å². The number of carbonyl (C=O) groups excluding carboxylic acids is 1. The van der Waals surface area contributed by atoms with Crippen LogP contribution < -0.4 is 9.47 Å². The van der Waals surface area contributed by atoms with Gasteiger partial charge in [-0.15, -0.1) is 0 Å². The molecule has 1 aliphatic rings. The average Bonchev–Trinajstić information content (AvgIpc) is 3.06. The van der Waals surface area contributed by atoms with Crippen molar-refractivity contribution in [1.82, 2.24) is 9.80 Å². The first-order valence-corrected chi connectivity index (χ1v) is 16.1. The van der Waals surface area contributed by atoms with Crippen molar-refractivity contribution in [1.29, 1.82) is 0 Å². The van der Waals surface area contributed by atoms with Crippen molar-refractivity contribution in [3.8, 4) is 11.5 Å². The summed E-state index contributed by atoms with van der Waals surface area (Å²) in [7, 11) is 0. The minimum absolute atomic E-state index is 0.273. The molecule has 8 nitrogen and oxygen atoms in total. The molecule has 0 unspecified atom stereocenters. The number of nitrogens with zero attached hydrogens (tertiary/aromatic N) is 2. The minimum atomic E-state index is -0.890. The molecule has 0 saturated carbocycles. The molecule has 2 atom stereocenters. The molecule has 4 aromatic rings. The van der Waals surface area contributed by atoms with Crippen LogP contribution in [-0.2, 0) is 35.6 Å². The van der Waals surface area contributed by atoms with Gasteiger partial charge in [0.15, 0.2) is 0 Å². The van der Waals surface area contributed by atoms with E-state index in [2.05, 4.69) is 0 Å². The second-order valence-corrected chi connectivity index (χ2v) is 12.9. The van der Waals surface area contributed by atoms with Crippen LogP contribution in [0.3, 0.4) is 0 Å². The van der Waals surface area contributed by atoms with Gasteiger partial charge in [-0.05, 0) is 80.1 Å². The number of carboxylic acids is 1. The van der Waals surface area contributed by atoms with Crippen LogP contribution in [0.4, 0.5) is 4.79 Å². The van der Waals surface area contributed by atoms with Gasteiger partial charge in [0.05, 0.1) is 6.04 Å². The van der Waals surface area contributed by atoms with Gasteiger partial charge in [-0.3, -0.25) is 9.69 Å². The van der Waals surface area contributed by atoms with E-state index in [4.69, 9.17) is 14.2 Å². The van der Waals surface area contributed by atoms with Gasteiger partial charge >= 0.3 is 12.1 Å². The topological polar surface area (TPSA) is 88.5 Å². The summed E-state index contributed by atoms with van der Waals surface area (Å²) in [4.78, 5) is 29.6. The van der Waals surface area contributed by atoms with Gasteiger partial charge in [0, 0.05) is 19.6 Å². The molecule has 1 aliphatic heterocycles. The Hall–Kier alpha value is -4.82. The molecule has 0 aliphatic carbocycles. The highest BCUT2D eigenvalue weighted by Crippen LogP contribution is 2.24. The Morgan fingerprint density at radius 2 is 1.23 bits per heavy atom. The summed E-state index contributed by atoms with van der Waals surface area (Å²) in [6.07, 6.45) is 0.498. The Kier molecular flexibility index (Phi) is 11.2. The number of carbonyl (C=O) groups is 2. The lowest BCUT2D eigenvalue weighted by atomic mass is 9.98. The van der Waals surface area contributed by atoms with Crippen molar-refractivity contribution in [2.24, 2.45) is 0 Å². The molecule has 0 spiro atoms. The number of amides is 1. The summed E-state index contributed by atoms with van der Waals surface area (Å²) >= 11 is 0. The first kappa shape index (κ1) is 33.5. The summed E-state index contributed by atoms with van der Waals surface area (Å²) in [6, 6.07) is 34.4. The lowest BCUT2D eigenvalue weighted by molar-refractivity contribution is -0.144. The maximum Gasteiger partial charge on any atom is 0.410 e. The van der Waals surface area contributed by atoms with Crippen molar-refractivity contribution < 1.29 is 28.9 Å². The maximum absolute atomic E-state index is 13.3. The molecule has 0 aromatic heterocycles. The summed E-state index contributed by atoms with van der Waals surface area (Å²) < 4.78 is 17.6. The third-order valence-corrected chi connectivity index (χ3v) is 8.11. The monoisotopic (exact) mass is 636 g/mol. The van der Waals surface area contributed by atoms with E-state index in [1.807, 2.05) is 135 Å². The summed E-state index contributed by atoms with van der Waals surface area (Å²) in [5.74, 6) is 0.597. The Labute approximate surface area is 277 Å². The first-order chi connectivity index (χ1) is 22.6. The Bertz CT molecular complexity index is 1570. The Morgan fingerprint density at radius 1 is 0.723 bits per heavy atom. The molecule has 1 N–H and O–H groups in total. The van der Waals surface area contributed by atoms with Crippen LogP contribution in [0.25, 0.3) is 0 Å². The van der Waals surface area contributed by atoms with Crippen LogP contribution >= 0.6 is 0 Å². The Balaban J connectivity index is 1.25. The van der Waals surface area contributed by atoms with Gasteiger partial charge in [0.25, 0.3) is 0 Å². The average molecular weight is 637 g/mol. The summed E-state index contributed by atoms with van der Waals surface area (Å²) in [5, 5.41) is 10.3. The van der Waals surface area contributed by atoms with E-state index >= 15 is 0 Å². The summed E-state index contributed by atoms with van der Waals surface area (Å²) in [6.45, 7) is 7.69. The lowest BCUT2D eigenvalue weighted by Gasteiger charge is -2.43. The van der Waals surface area contributed by atoms with Crippen molar-refractivity contribution in [2.45, 2.75) is 64.5 Å². The highest BCUT2D eigenvalue weighted by atomic mass is 16.6. The van der Waals surface area contributed by atoms with Gasteiger partial charge in [-0.25, -0.2) is 4.79 Å². The number of benzene rings is 4. The molecule has 1 heterocycles. The molecule has 1 saturated heterocycles. The van der Waals surface area contributed by atoms with E-state index in [9.17, 15) is 14.7 Å². The highest BCUT2D eigenvalue weighted by Gasteiger charge is 2.37. The SMILES string of the molecule is CC(C)(C)OC(=O)N1CCN([C@@H](Cc2ccc(OCc3ccccc3)cc2)C(=O)O)C[C@@H]1Cc1ccc(OCc2ccccc2)cc1. The van der Waals surface area contributed by atoms with Crippen molar-refractivity contribution in [3.63, 3.8) is 0 Å². The molecular weight excluding hydrogens is 592 g/mol. The molecule has 0 bridgehead atoms. The zero-order valence-electron chi connectivity index (χ0n) is 27.4. The van der Waals surface area contributed by atoms with Gasteiger partial charge in [0.1, 0.15) is 36.4 Å². The Morgan fingerprint density at radius 3 is 1.72 bits per heavy atom. The molecule has 246 valence electrons. The smallest absolute Gasteiger partial charge is 0.410 e. The number of rotatable bonds is 12. The van der Waals surface area contributed by atoms with E-state index in [0.29, 0.717) is 45.7 Å². The van der Waals surface area contributed by atoms with Crippen LogP contribution in [0.2, 0.25) is 0 Å². The normalized spacial score (nSPS) is 15.9. The number of hydrogen-bond acceptors (Lipinski definition) is 6. The van der Waals surface area contributed by atoms with Gasteiger partial charge in [0.2, 0.25) is 0 Å². The fraction of sp³-hybridized carbons (Fsp3) is 0.333. The van der Waals surface area contributed by atoms with Gasteiger partial charge in [-0.2, -0.15) is 0 Å². The van der Waals surface area contributed by atoms with Gasteiger partial charge < -0.3 is 24.2 Å². The van der Waals surface area contributed by atoms with E-state index in [1.54, 1.807) is 4.90 Å². The largest absolute Gasteiger partial charge is 0.489 e. The minimum Gasteiger partial charge on any atom is -0.489 e. The van der Waals surface area contributed by atoms with Gasteiger partial charge in [-0.1, -0.05) is 84.9 Å². The molecule has 4 aromatic carbocycles. The fourth-order valence-corrected chi connectivity index (χ4v) is 5.69. The van der Waals surface area contributed by atoms with E-state index in [0.717, 1.165) is 33.8 Å². The molecular formula is C39H44N2O6. The van der Waals surface area contributed by atoms with E-state index < -0.39 is 17.6 Å². The molecule has 1 amide bonds. The fourth-order valence-electron chi connectivity index (χ4n) is 5.69. The highest BCUT2D eigenvalue weighted by molar-refractivity contribution is 5.74. The number of piperazine rings is 1. The van der Waals surface area contributed by atoms with Crippen LogP contribution in [-0.4, -0.2) is 64.3 Å². The number of hydrogen-bond donors (Lipinski definition) is 1. The predicted molar refractivity (Wildman–Crippen MR) is 182 cm³/mol. The van der Waals surface area contributed by atoms with Crippen molar-refractivity contribution in [3.05, 3.63) is 131 Å². The number of ether oxygens (including phenoxy) is 3. The molecule has 0 radical (unpaired) electrons. The maximum atomic E-state index is 13.3. The second kappa shape index (κ2) is 15.6.